The molecule has 0 aromatic heterocycles. The van der Waals surface area contributed by atoms with E-state index in [0.29, 0.717) is 11.5 Å². The third kappa shape index (κ3) is 7.74. The van der Waals surface area contributed by atoms with Gasteiger partial charge in [-0.05, 0) is 24.3 Å². The predicted molar refractivity (Wildman–Crippen MR) is 95.9 cm³/mol. The molecule has 5 nitrogen and oxygen atoms in total. The third-order valence-corrected chi connectivity index (χ3v) is 2.59. The first-order valence-electron chi connectivity index (χ1n) is 8.16. The van der Waals surface area contributed by atoms with Crippen molar-refractivity contribution in [2.24, 2.45) is 0 Å². The Bertz CT molecular complexity index is 507. The number of phenolic OH excluding ortho intramolecular Hbond substituents is 2. The van der Waals surface area contributed by atoms with E-state index in [1.807, 2.05) is 27.7 Å². The van der Waals surface area contributed by atoms with Gasteiger partial charge in [-0.25, -0.2) is 0 Å². The summed E-state index contributed by atoms with van der Waals surface area (Å²) in [6.45, 7) is 7.95. The van der Waals surface area contributed by atoms with Gasteiger partial charge in [0.25, 0.3) is 0 Å². The molecule has 0 atom stereocenters. The topological polar surface area (TPSA) is 79.2 Å². The van der Waals surface area contributed by atoms with Crippen LogP contribution in [0.25, 0.3) is 0 Å². The van der Waals surface area contributed by atoms with E-state index in [1.54, 1.807) is 36.4 Å². The number of phenols is 2. The quantitative estimate of drug-likeness (QED) is 0.744. The van der Waals surface area contributed by atoms with Gasteiger partial charge in [0.15, 0.2) is 23.0 Å². The minimum atomic E-state index is -0.880. The molecule has 0 spiro atoms. The van der Waals surface area contributed by atoms with Gasteiger partial charge in [0, 0.05) is 0 Å². The Labute approximate surface area is 144 Å². The van der Waals surface area contributed by atoms with Crippen molar-refractivity contribution in [3.63, 3.8) is 0 Å². The highest BCUT2D eigenvalue weighted by atomic mass is 16.5. The average molecular weight is 336 g/mol. The summed E-state index contributed by atoms with van der Waals surface area (Å²) in [6, 6.07) is 13.0. The molecule has 5 heteroatoms. The monoisotopic (exact) mass is 336 g/mol. The zero-order chi connectivity index (χ0) is 18.4. The van der Waals surface area contributed by atoms with Crippen LogP contribution in [0.15, 0.2) is 48.5 Å². The Kier molecular flexibility index (Phi) is 11.8. The van der Waals surface area contributed by atoms with Crippen molar-refractivity contribution < 1.29 is 24.8 Å². The number of aliphatic hydroxyl groups is 1. The second-order valence-corrected chi connectivity index (χ2v) is 4.21. The molecular weight excluding hydrogens is 308 g/mol. The van der Waals surface area contributed by atoms with Crippen LogP contribution in [0.1, 0.15) is 27.7 Å². The summed E-state index contributed by atoms with van der Waals surface area (Å²) in [7, 11) is 0. The van der Waals surface area contributed by atoms with Crippen LogP contribution >= 0.6 is 0 Å². The molecule has 0 unspecified atom stereocenters. The molecule has 0 fully saturated rings. The van der Waals surface area contributed by atoms with Crippen LogP contribution in [-0.4, -0.2) is 34.6 Å². The minimum Gasteiger partial charge on any atom is -0.504 e. The lowest BCUT2D eigenvalue weighted by Gasteiger charge is -2.14. The maximum absolute atomic E-state index is 9.74. The molecule has 0 bridgehead atoms. The summed E-state index contributed by atoms with van der Waals surface area (Å²) in [5.41, 5.74) is 0. The van der Waals surface area contributed by atoms with Crippen molar-refractivity contribution >= 4 is 0 Å². The average Bonchev–Trinajstić information content (AvgIpc) is 2.64. The van der Waals surface area contributed by atoms with Crippen LogP contribution in [0.5, 0.6) is 23.0 Å². The molecule has 2 rings (SSSR count). The van der Waals surface area contributed by atoms with Crippen molar-refractivity contribution in [3.8, 4) is 23.0 Å². The smallest absolute Gasteiger partial charge is 0.161 e. The van der Waals surface area contributed by atoms with Gasteiger partial charge in [-0.15, -0.1) is 0 Å². The Hall–Kier alpha value is -2.40. The largest absolute Gasteiger partial charge is 0.504 e. The highest BCUT2D eigenvalue weighted by Crippen LogP contribution is 2.25. The number of aromatic hydroxyl groups is 2. The Morgan fingerprint density at radius 2 is 1.04 bits per heavy atom. The minimum absolute atomic E-state index is 0.0151. The zero-order valence-electron chi connectivity index (χ0n) is 14.8. The van der Waals surface area contributed by atoms with Crippen molar-refractivity contribution in [1.82, 2.24) is 0 Å². The van der Waals surface area contributed by atoms with E-state index in [1.165, 1.54) is 12.1 Å². The molecule has 134 valence electrons. The van der Waals surface area contributed by atoms with Crippen LogP contribution < -0.4 is 9.47 Å². The molecule has 0 amide bonds. The van der Waals surface area contributed by atoms with Gasteiger partial charge in [-0.1, -0.05) is 52.0 Å². The molecule has 0 saturated heterocycles. The molecule has 3 N–H and O–H groups in total. The fraction of sp³-hybridized carbons (Fsp3) is 0.368. The summed E-state index contributed by atoms with van der Waals surface area (Å²) in [6.07, 6.45) is -0.880. The van der Waals surface area contributed by atoms with Crippen molar-refractivity contribution in [2.75, 3.05) is 13.2 Å². The molecule has 0 aliphatic rings. The van der Waals surface area contributed by atoms with E-state index in [9.17, 15) is 15.3 Å². The van der Waals surface area contributed by atoms with Gasteiger partial charge in [-0.3, -0.25) is 0 Å². The van der Waals surface area contributed by atoms with E-state index in [4.69, 9.17) is 9.47 Å². The maximum atomic E-state index is 9.74. The Balaban J connectivity index is 0.00000123. The van der Waals surface area contributed by atoms with Crippen LogP contribution in [0.4, 0.5) is 0 Å². The van der Waals surface area contributed by atoms with Crippen LogP contribution in [0.3, 0.4) is 0 Å². The van der Waals surface area contributed by atoms with Crippen LogP contribution in [0.2, 0.25) is 0 Å². The molecular formula is C19H28O5. The van der Waals surface area contributed by atoms with Crippen molar-refractivity contribution in [3.05, 3.63) is 48.5 Å². The van der Waals surface area contributed by atoms with E-state index >= 15 is 0 Å². The predicted octanol–water partition coefficient (Wildman–Crippen LogP) is 3.97. The molecule has 0 aliphatic carbocycles. The summed E-state index contributed by atoms with van der Waals surface area (Å²) >= 11 is 0. The van der Waals surface area contributed by atoms with Gasteiger partial charge in [-0.2, -0.15) is 0 Å². The first-order valence-corrected chi connectivity index (χ1v) is 8.16. The highest BCUT2D eigenvalue weighted by molar-refractivity contribution is 5.38. The highest BCUT2D eigenvalue weighted by Gasteiger charge is 2.09. The summed E-state index contributed by atoms with van der Waals surface area (Å²) in [4.78, 5) is 0. The maximum Gasteiger partial charge on any atom is 0.161 e. The number of hydrogen-bond acceptors (Lipinski definition) is 5. The van der Waals surface area contributed by atoms with E-state index in [0.717, 1.165) is 0 Å². The summed E-state index contributed by atoms with van der Waals surface area (Å²) < 4.78 is 10.5. The van der Waals surface area contributed by atoms with Gasteiger partial charge < -0.3 is 24.8 Å². The van der Waals surface area contributed by atoms with Crippen molar-refractivity contribution in [2.45, 2.75) is 33.8 Å². The zero-order valence-corrected chi connectivity index (χ0v) is 14.8. The molecule has 2 aromatic rings. The SMILES string of the molecule is CC.CC.Oc1ccccc1OCC(O)COc1ccccc1O. The first kappa shape index (κ1) is 21.6. The molecule has 2 aromatic carbocycles. The lowest BCUT2D eigenvalue weighted by Crippen LogP contribution is -2.25. The molecule has 0 saturated carbocycles. The van der Waals surface area contributed by atoms with Crippen LogP contribution in [-0.2, 0) is 0 Å². The Morgan fingerprint density at radius 1 is 0.708 bits per heavy atom. The first-order chi connectivity index (χ1) is 11.7. The van der Waals surface area contributed by atoms with Gasteiger partial charge in [0.1, 0.15) is 19.3 Å². The fourth-order valence-electron chi connectivity index (χ4n) is 1.58. The van der Waals surface area contributed by atoms with Gasteiger partial charge in [0.05, 0.1) is 0 Å². The molecule has 0 heterocycles. The second kappa shape index (κ2) is 13.1. The number of rotatable bonds is 6. The summed E-state index contributed by atoms with van der Waals surface area (Å²) in [5, 5.41) is 28.7. The number of ether oxygens (including phenoxy) is 2. The second-order valence-electron chi connectivity index (χ2n) is 4.21. The van der Waals surface area contributed by atoms with Crippen molar-refractivity contribution in [1.29, 1.82) is 0 Å². The molecule has 24 heavy (non-hydrogen) atoms. The molecule has 0 radical (unpaired) electrons. The molecule has 0 aliphatic heterocycles. The standard InChI is InChI=1S/C15H16O5.2C2H6/c16-11(9-19-14-7-3-1-5-12(14)17)10-20-15-8-4-2-6-13(15)18;2*1-2/h1-8,11,16-18H,9-10H2;2*1-2H3. The lowest BCUT2D eigenvalue weighted by atomic mass is 10.3. The third-order valence-electron chi connectivity index (χ3n) is 2.59. The number of para-hydroxylation sites is 4. The number of aliphatic hydroxyl groups excluding tert-OH is 1. The van der Waals surface area contributed by atoms with E-state index in [-0.39, 0.29) is 24.7 Å². The number of benzene rings is 2. The fourth-order valence-corrected chi connectivity index (χ4v) is 1.58. The Morgan fingerprint density at radius 3 is 1.38 bits per heavy atom. The van der Waals surface area contributed by atoms with Gasteiger partial charge >= 0.3 is 0 Å². The summed E-state index contributed by atoms with van der Waals surface area (Å²) in [5.74, 6) is 0.630. The van der Waals surface area contributed by atoms with Crippen LogP contribution in [0, 0.1) is 0 Å². The van der Waals surface area contributed by atoms with E-state index < -0.39 is 6.10 Å². The van der Waals surface area contributed by atoms with Gasteiger partial charge in [0.2, 0.25) is 0 Å². The lowest BCUT2D eigenvalue weighted by molar-refractivity contribution is 0.0608. The number of hydrogen-bond donors (Lipinski definition) is 3. The normalized spacial score (nSPS) is 9.25. The van der Waals surface area contributed by atoms with E-state index in [2.05, 4.69) is 0 Å².